The highest BCUT2D eigenvalue weighted by Crippen LogP contribution is 2.22. The fourth-order valence-electron chi connectivity index (χ4n) is 1.76. The first-order valence-electron chi connectivity index (χ1n) is 5.36. The summed E-state index contributed by atoms with van der Waals surface area (Å²) in [6, 6.07) is 2.73. The molecule has 8 heteroatoms. The second-order valence-corrected chi connectivity index (χ2v) is 4.17. The molecule has 100 valence electrons. The number of halogens is 1. The topological polar surface area (TPSA) is 101 Å². The van der Waals surface area contributed by atoms with Crippen LogP contribution >= 0.6 is 0 Å². The maximum Gasteiger partial charge on any atom is 0.310 e. The summed E-state index contributed by atoms with van der Waals surface area (Å²) in [6.07, 6.45) is 0. The monoisotopic (exact) mass is 268 g/mol. The van der Waals surface area contributed by atoms with E-state index in [1.165, 1.54) is 4.90 Å². The van der Waals surface area contributed by atoms with Gasteiger partial charge < -0.3 is 10.0 Å². The van der Waals surface area contributed by atoms with Crippen LogP contribution in [-0.4, -0.2) is 39.9 Å². The van der Waals surface area contributed by atoms with Gasteiger partial charge in [-0.2, -0.15) is 0 Å². The molecular formula is C11H9FN2O5. The Balaban J connectivity index is 2.13. The van der Waals surface area contributed by atoms with Crippen LogP contribution in [-0.2, 0) is 4.79 Å². The van der Waals surface area contributed by atoms with Gasteiger partial charge >= 0.3 is 5.97 Å². The molecule has 1 saturated heterocycles. The molecule has 0 aromatic heterocycles. The Bertz CT molecular complexity index is 568. The number of benzene rings is 1. The van der Waals surface area contributed by atoms with E-state index in [9.17, 15) is 24.1 Å². The predicted octanol–water partition coefficient (Wildman–Crippen LogP) is 0.891. The van der Waals surface area contributed by atoms with Crippen molar-refractivity contribution < 1.29 is 24.0 Å². The fraction of sp³-hybridized carbons (Fsp3) is 0.273. The molecule has 1 aromatic carbocycles. The standard InChI is InChI=1S/C11H9FN2O5/c12-9-3-7(14(18)19)1-2-8(9)10(15)13-4-6(5-13)11(16)17/h1-3,6H,4-5H2,(H,16,17). The SMILES string of the molecule is O=C(O)C1CN(C(=O)c2ccc([N+](=O)[O-])cc2F)C1. The quantitative estimate of drug-likeness (QED) is 0.648. The minimum Gasteiger partial charge on any atom is -0.481 e. The predicted molar refractivity (Wildman–Crippen MR) is 60.1 cm³/mol. The number of likely N-dealkylation sites (tertiary alicyclic amines) is 1. The Morgan fingerprint density at radius 3 is 2.53 bits per heavy atom. The third kappa shape index (κ3) is 2.37. The zero-order chi connectivity index (χ0) is 14.2. The van der Waals surface area contributed by atoms with Crippen molar-refractivity contribution in [1.82, 2.24) is 4.90 Å². The number of aliphatic carboxylic acids is 1. The molecule has 0 aliphatic carbocycles. The molecular weight excluding hydrogens is 259 g/mol. The van der Waals surface area contributed by atoms with E-state index in [1.54, 1.807) is 0 Å². The maximum atomic E-state index is 13.6. The van der Waals surface area contributed by atoms with Crippen molar-refractivity contribution in [3.8, 4) is 0 Å². The van der Waals surface area contributed by atoms with Crippen molar-refractivity contribution in [2.45, 2.75) is 0 Å². The molecule has 1 amide bonds. The van der Waals surface area contributed by atoms with Gasteiger partial charge in [-0.25, -0.2) is 4.39 Å². The van der Waals surface area contributed by atoms with Crippen LogP contribution in [0.25, 0.3) is 0 Å². The zero-order valence-electron chi connectivity index (χ0n) is 9.58. The van der Waals surface area contributed by atoms with Gasteiger partial charge in [0, 0.05) is 19.2 Å². The third-order valence-electron chi connectivity index (χ3n) is 2.91. The van der Waals surface area contributed by atoms with Crippen LogP contribution < -0.4 is 0 Å². The summed E-state index contributed by atoms with van der Waals surface area (Å²) in [5.74, 6) is -3.29. The molecule has 0 unspecified atom stereocenters. The molecule has 2 rings (SSSR count). The Morgan fingerprint density at radius 2 is 2.05 bits per heavy atom. The summed E-state index contributed by atoms with van der Waals surface area (Å²) in [5.41, 5.74) is -0.740. The number of nitro groups is 1. The molecule has 1 N–H and O–H groups in total. The highest BCUT2D eigenvalue weighted by molar-refractivity contribution is 5.96. The largest absolute Gasteiger partial charge is 0.481 e. The number of hydrogen-bond donors (Lipinski definition) is 1. The van der Waals surface area contributed by atoms with E-state index in [-0.39, 0.29) is 18.7 Å². The van der Waals surface area contributed by atoms with Gasteiger partial charge in [0.1, 0.15) is 5.82 Å². The van der Waals surface area contributed by atoms with Crippen LogP contribution in [0.1, 0.15) is 10.4 Å². The molecule has 0 saturated carbocycles. The minimum absolute atomic E-state index is 0.0184. The van der Waals surface area contributed by atoms with Crippen molar-refractivity contribution in [3.63, 3.8) is 0 Å². The van der Waals surface area contributed by atoms with Gasteiger partial charge in [0.15, 0.2) is 0 Å². The summed E-state index contributed by atoms with van der Waals surface area (Å²) >= 11 is 0. The fourth-order valence-corrected chi connectivity index (χ4v) is 1.76. The zero-order valence-corrected chi connectivity index (χ0v) is 9.58. The highest BCUT2D eigenvalue weighted by atomic mass is 19.1. The van der Waals surface area contributed by atoms with Crippen molar-refractivity contribution >= 4 is 17.6 Å². The lowest BCUT2D eigenvalue weighted by molar-refractivity contribution is -0.385. The van der Waals surface area contributed by atoms with E-state index >= 15 is 0 Å². The molecule has 1 aromatic rings. The molecule has 7 nitrogen and oxygen atoms in total. The summed E-state index contributed by atoms with van der Waals surface area (Å²) in [4.78, 5) is 33.3. The summed E-state index contributed by atoms with van der Waals surface area (Å²) in [6.45, 7) is 0.0369. The average Bonchev–Trinajstić information content (AvgIpc) is 2.25. The number of carbonyl (C=O) groups is 2. The molecule has 1 aliphatic rings. The van der Waals surface area contributed by atoms with E-state index in [0.717, 1.165) is 12.1 Å². The van der Waals surface area contributed by atoms with E-state index in [1.807, 2.05) is 0 Å². The van der Waals surface area contributed by atoms with Gasteiger partial charge in [-0.1, -0.05) is 0 Å². The third-order valence-corrected chi connectivity index (χ3v) is 2.91. The summed E-state index contributed by atoms with van der Waals surface area (Å²) < 4.78 is 13.6. The van der Waals surface area contributed by atoms with E-state index < -0.39 is 34.2 Å². The lowest BCUT2D eigenvalue weighted by Gasteiger charge is -2.36. The molecule has 0 atom stereocenters. The lowest BCUT2D eigenvalue weighted by atomic mass is 9.99. The molecule has 1 fully saturated rings. The summed E-state index contributed by atoms with van der Waals surface area (Å²) in [5, 5.41) is 19.1. The molecule has 0 spiro atoms. The number of amides is 1. The number of rotatable bonds is 3. The van der Waals surface area contributed by atoms with E-state index in [0.29, 0.717) is 6.07 Å². The summed E-state index contributed by atoms with van der Waals surface area (Å²) in [7, 11) is 0. The number of non-ortho nitro benzene ring substituents is 1. The Hall–Kier alpha value is -2.51. The van der Waals surface area contributed by atoms with Crippen molar-refractivity contribution in [2.75, 3.05) is 13.1 Å². The molecule has 19 heavy (non-hydrogen) atoms. The number of carboxylic acids is 1. The van der Waals surface area contributed by atoms with Gasteiger partial charge in [0.25, 0.3) is 11.6 Å². The van der Waals surface area contributed by atoms with Gasteiger partial charge in [0.2, 0.25) is 0 Å². The van der Waals surface area contributed by atoms with Gasteiger partial charge in [0.05, 0.1) is 22.5 Å². The number of hydrogen-bond acceptors (Lipinski definition) is 4. The number of carboxylic acid groups (broad SMARTS) is 1. The average molecular weight is 268 g/mol. The minimum atomic E-state index is -1.01. The van der Waals surface area contributed by atoms with Crippen LogP contribution in [0.3, 0.4) is 0 Å². The van der Waals surface area contributed by atoms with E-state index in [2.05, 4.69) is 0 Å². The molecule has 0 bridgehead atoms. The maximum absolute atomic E-state index is 13.6. The van der Waals surface area contributed by atoms with Crippen molar-refractivity contribution in [2.24, 2.45) is 5.92 Å². The Kier molecular flexibility index (Phi) is 3.16. The first kappa shape index (κ1) is 12.9. The highest BCUT2D eigenvalue weighted by Gasteiger charge is 2.36. The Morgan fingerprint density at radius 1 is 1.42 bits per heavy atom. The first-order valence-corrected chi connectivity index (χ1v) is 5.36. The van der Waals surface area contributed by atoms with Crippen molar-refractivity contribution in [1.29, 1.82) is 0 Å². The normalized spacial score (nSPS) is 14.9. The first-order chi connectivity index (χ1) is 8.90. The molecule has 1 aliphatic heterocycles. The smallest absolute Gasteiger partial charge is 0.310 e. The second kappa shape index (κ2) is 4.63. The van der Waals surface area contributed by atoms with Crippen LogP contribution in [0.2, 0.25) is 0 Å². The van der Waals surface area contributed by atoms with Crippen LogP contribution in [0.4, 0.5) is 10.1 Å². The van der Waals surface area contributed by atoms with Gasteiger partial charge in [-0.15, -0.1) is 0 Å². The molecule has 1 heterocycles. The second-order valence-electron chi connectivity index (χ2n) is 4.17. The number of nitro benzene ring substituents is 1. The Labute approximate surface area is 106 Å². The number of carbonyl (C=O) groups excluding carboxylic acids is 1. The molecule has 0 radical (unpaired) electrons. The van der Waals surface area contributed by atoms with Crippen LogP contribution in [0.5, 0.6) is 0 Å². The van der Waals surface area contributed by atoms with E-state index in [4.69, 9.17) is 5.11 Å². The van der Waals surface area contributed by atoms with Crippen LogP contribution in [0.15, 0.2) is 18.2 Å². The number of nitrogens with zero attached hydrogens (tertiary/aromatic N) is 2. The van der Waals surface area contributed by atoms with Crippen molar-refractivity contribution in [3.05, 3.63) is 39.7 Å². The van der Waals surface area contributed by atoms with Crippen LogP contribution in [0, 0.1) is 21.8 Å². The van der Waals surface area contributed by atoms with Gasteiger partial charge in [-0.3, -0.25) is 19.7 Å². The van der Waals surface area contributed by atoms with Gasteiger partial charge in [-0.05, 0) is 6.07 Å². The lowest BCUT2D eigenvalue weighted by Crippen LogP contribution is -2.53.